The summed E-state index contributed by atoms with van der Waals surface area (Å²) in [6, 6.07) is 29.0. The van der Waals surface area contributed by atoms with E-state index in [2.05, 4.69) is 269 Å². The van der Waals surface area contributed by atoms with Gasteiger partial charge in [0.15, 0.2) is 0 Å². The first kappa shape index (κ1) is 87.7. The monoisotopic (exact) mass is 1600 g/mol. The van der Waals surface area contributed by atoms with Gasteiger partial charge >= 0.3 is 0 Å². The predicted molar refractivity (Wildman–Crippen MR) is 382 cm³/mol. The molecule has 2 radical (unpaired) electrons. The molecule has 0 atom stereocenters. The Morgan fingerprint density at radius 3 is 1.31 bits per heavy atom. The summed E-state index contributed by atoms with van der Waals surface area (Å²) in [6.07, 6.45) is 47.4. The smallest absolute Gasteiger partial charge is 0.204 e. The van der Waals surface area contributed by atoms with Gasteiger partial charge in [0.1, 0.15) is 40.6 Å². The Morgan fingerprint density at radius 2 is 0.872 bits per heavy atom. The van der Waals surface area contributed by atoms with Crippen LogP contribution in [0.2, 0.25) is 0 Å². The first-order chi connectivity index (χ1) is 42.4. The molecule has 0 aromatic carbocycles. The van der Waals surface area contributed by atoms with Crippen molar-refractivity contribution in [1.82, 2.24) is 54.8 Å². The van der Waals surface area contributed by atoms with E-state index >= 15 is 0 Å². The molecule has 0 saturated heterocycles. The Morgan fingerprint density at radius 1 is 0.351 bits per heavy atom. The van der Waals surface area contributed by atoms with Crippen molar-refractivity contribution in [3.8, 4) is 74.1 Å². The molecular formula is C81H99N11Re2-2. The molecule has 13 heteroatoms. The van der Waals surface area contributed by atoms with Crippen LogP contribution < -0.4 is 0 Å². The fourth-order valence-electron chi connectivity index (χ4n) is 7.02. The fraction of sp³-hybridized carbons (Fsp3) is 0.395. The van der Waals surface area contributed by atoms with Gasteiger partial charge in [-0.25, -0.2) is 44.9 Å². The Kier molecular flexibility index (Phi) is 37.4. The maximum absolute atomic E-state index is 5.33. The molecule has 494 valence electrons. The second-order valence-corrected chi connectivity index (χ2v) is 29.2. The van der Waals surface area contributed by atoms with E-state index in [-0.39, 0.29) is 84.2 Å². The molecule has 8 heterocycles. The number of nitrogens with zero attached hydrogens (tertiary/aromatic N) is 11. The first-order valence-electron chi connectivity index (χ1n) is 30.3. The van der Waals surface area contributed by atoms with Crippen molar-refractivity contribution >= 4 is 0 Å². The fourth-order valence-corrected chi connectivity index (χ4v) is 7.02. The van der Waals surface area contributed by atoms with Gasteiger partial charge in [-0.2, -0.15) is 30.3 Å². The molecule has 0 spiro atoms. The topological polar surface area (TPSA) is 142 Å². The third kappa shape index (κ3) is 34.5. The zero-order valence-corrected chi connectivity index (χ0v) is 65.7. The molecule has 0 bridgehead atoms. The van der Waals surface area contributed by atoms with Crippen molar-refractivity contribution in [3.63, 3.8) is 0 Å². The third-order valence-corrected chi connectivity index (χ3v) is 12.6. The average Bonchev–Trinajstić information content (AvgIpc) is 1.05. The van der Waals surface area contributed by atoms with Crippen LogP contribution in [0.15, 0.2) is 128 Å². The van der Waals surface area contributed by atoms with Gasteiger partial charge in [-0.15, -0.1) is 44.1 Å². The maximum atomic E-state index is 5.33. The van der Waals surface area contributed by atoms with Crippen LogP contribution in [0.4, 0.5) is 0 Å². The number of terminal acetylenes is 6. The first-order valence-corrected chi connectivity index (χ1v) is 30.3. The minimum Gasteiger partial charge on any atom is -0.394 e. The summed E-state index contributed by atoms with van der Waals surface area (Å²) >= 11 is 0. The summed E-state index contributed by atoms with van der Waals surface area (Å²) in [6.45, 7) is 50.8. The van der Waals surface area contributed by atoms with Crippen LogP contribution >= 0.6 is 0 Å². The number of pyridine rings is 5. The van der Waals surface area contributed by atoms with Crippen molar-refractivity contribution in [2.75, 3.05) is 0 Å². The normalized spacial score (nSPS) is 10.7. The van der Waals surface area contributed by atoms with Crippen molar-refractivity contribution in [2.24, 2.45) is 0 Å². The van der Waals surface area contributed by atoms with Crippen molar-refractivity contribution in [3.05, 3.63) is 220 Å². The average molecular weight is 1600 g/mol. The Balaban J connectivity index is 0. The van der Waals surface area contributed by atoms with Crippen LogP contribution in [0.1, 0.15) is 246 Å². The Labute approximate surface area is 595 Å². The van der Waals surface area contributed by atoms with Crippen LogP contribution in [-0.4, -0.2) is 54.8 Å². The van der Waals surface area contributed by atoms with Crippen LogP contribution in [-0.2, 0) is 84.2 Å². The zero-order chi connectivity index (χ0) is 70.4. The van der Waals surface area contributed by atoms with E-state index in [4.69, 9.17) is 38.5 Å². The van der Waals surface area contributed by atoms with E-state index in [1.54, 1.807) is 37.1 Å². The number of aromatic nitrogens is 11. The molecular weight excluding hydrogens is 1500 g/mol. The van der Waals surface area contributed by atoms with Crippen LogP contribution in [0.3, 0.4) is 0 Å². The van der Waals surface area contributed by atoms with Gasteiger partial charge in [-0.05, 0) is 93.2 Å². The number of hydrogen-bond acceptors (Lipinski definition) is 11. The van der Waals surface area contributed by atoms with Crippen LogP contribution in [0.5, 0.6) is 0 Å². The molecule has 0 amide bonds. The molecule has 11 nitrogen and oxygen atoms in total. The molecule has 94 heavy (non-hydrogen) atoms. The second-order valence-electron chi connectivity index (χ2n) is 29.2. The Hall–Kier alpha value is -8.33. The number of hydrogen-bond donors (Lipinski definition) is 0. The van der Waals surface area contributed by atoms with E-state index in [1.165, 1.54) is 11.9 Å². The van der Waals surface area contributed by atoms with Gasteiger partial charge in [0.2, 0.25) is 5.82 Å². The van der Waals surface area contributed by atoms with Crippen LogP contribution in [0.25, 0.3) is 0 Å². The molecule has 8 aromatic heterocycles. The molecule has 0 fully saturated rings. The molecule has 8 aromatic rings. The summed E-state index contributed by atoms with van der Waals surface area (Å²) in [5, 5.41) is 0. The van der Waals surface area contributed by atoms with E-state index in [1.807, 2.05) is 84.9 Å². The van der Waals surface area contributed by atoms with Crippen LogP contribution in [0, 0.1) is 86.5 Å². The summed E-state index contributed by atoms with van der Waals surface area (Å²) < 4.78 is 0. The summed E-state index contributed by atoms with van der Waals surface area (Å²) in [5.74, 6) is 16.3. The van der Waals surface area contributed by atoms with Gasteiger partial charge in [0.25, 0.3) is 0 Å². The molecule has 0 aliphatic rings. The molecule has 0 unspecified atom stereocenters. The maximum Gasteiger partial charge on any atom is 0.204 e. The van der Waals surface area contributed by atoms with E-state index < -0.39 is 0 Å². The van der Waals surface area contributed by atoms with Gasteiger partial charge in [-0.3, -0.25) is 0 Å². The summed E-state index contributed by atoms with van der Waals surface area (Å²) in [7, 11) is 0. The molecule has 0 saturated carbocycles. The van der Waals surface area contributed by atoms with Crippen molar-refractivity contribution < 1.29 is 40.8 Å². The second kappa shape index (κ2) is 40.0. The van der Waals surface area contributed by atoms with Gasteiger partial charge in [-0.1, -0.05) is 226 Å². The van der Waals surface area contributed by atoms with Gasteiger partial charge in [0, 0.05) is 93.0 Å². The zero-order valence-electron chi connectivity index (χ0n) is 60.3. The van der Waals surface area contributed by atoms with E-state index in [0.29, 0.717) is 28.6 Å². The van der Waals surface area contributed by atoms with Gasteiger partial charge in [0.05, 0.1) is 11.4 Å². The SMILES string of the molecule is C#Cc1cc(C(C)(C)C)ccn1.C#Cc1cc(C(C)(C)C)ncn1.C#Cc1cccc(C(C)(C)C)n1.C#Cc1ccnc(C(C)(C)C)n1.C#Cc1nccc(C(C)(C)C)n1.C#Cc1ncccc1C(C)(C)C.CC(C)(C)c1[c-]nccc1.CC(C)(C)c1ccc[c-]n1.[Re].[Re]. The van der Waals surface area contributed by atoms with Crippen molar-refractivity contribution in [1.29, 1.82) is 0 Å². The minimum atomic E-state index is -0.0349. The summed E-state index contributed by atoms with van der Waals surface area (Å²) in [4.78, 5) is 45.1. The molecule has 0 N–H and O–H groups in total. The third-order valence-electron chi connectivity index (χ3n) is 12.6. The standard InChI is InChI=1S/3C11H13N.3C10H12N2.2C9H12N.2Re/c1-5-10-8-9(6-7-12-10)11(2,3)4;1-5-10-9(11(2,3)4)7-6-8-12-10;1-5-9-7-6-8-10(12-9)11(2,3)4;1-5-8-6-9(10(2,3)4)12-7-11-8;1-5-9-11-7-6-8(12-9)10(2,3)4;1-5-8-6-7-11-9(12-8)10(2,3)4;1-9(2,3)8-5-4-6-10-7-8;1-9(2,3)8-6-4-5-7-10-8;;/h3*1,6-8H,2-4H3;3*1,6-7H,2-4H3;2*4-6H,1-3H3;;/q;;;;;;2*-1;;. The van der Waals surface area contributed by atoms with E-state index in [0.717, 1.165) is 45.4 Å². The Bertz CT molecular complexity index is 3350. The largest absolute Gasteiger partial charge is 0.394 e. The molecule has 0 aliphatic heterocycles. The quantitative estimate of drug-likeness (QED) is 0.106. The predicted octanol–water partition coefficient (Wildman–Crippen LogP) is 16.7. The molecule has 8 rings (SSSR count). The van der Waals surface area contributed by atoms with Crippen molar-refractivity contribution in [2.45, 2.75) is 209 Å². The molecule has 0 aliphatic carbocycles. The van der Waals surface area contributed by atoms with E-state index in [9.17, 15) is 0 Å². The minimum absolute atomic E-state index is 0. The summed E-state index contributed by atoms with van der Waals surface area (Å²) in [5.41, 5.74) is 11.7. The number of rotatable bonds is 0. The van der Waals surface area contributed by atoms with Gasteiger partial charge < -0.3 is 9.97 Å².